The van der Waals surface area contributed by atoms with Crippen molar-refractivity contribution < 1.29 is 4.21 Å². The van der Waals surface area contributed by atoms with Crippen molar-refractivity contribution in [3.8, 4) is 0 Å². The molecule has 14 heavy (non-hydrogen) atoms. The quantitative estimate of drug-likeness (QED) is 0.700. The van der Waals surface area contributed by atoms with Gasteiger partial charge in [0.05, 0.1) is 4.75 Å². The molecule has 0 aliphatic rings. The Kier molecular flexibility index (Phi) is 3.52. The van der Waals surface area contributed by atoms with E-state index >= 15 is 0 Å². The average molecular weight is 210 g/mol. The fourth-order valence-electron chi connectivity index (χ4n) is 0.716. The monoisotopic (exact) mass is 210 g/mol. The second kappa shape index (κ2) is 4.46. The average Bonchev–Trinajstić information content (AvgIpc) is 2.14. The Morgan fingerprint density at radius 3 is 2.43 bits per heavy atom. The summed E-state index contributed by atoms with van der Waals surface area (Å²) in [5, 5.41) is 0. The molecule has 76 valence electrons. The Morgan fingerprint density at radius 1 is 1.36 bits per heavy atom. The van der Waals surface area contributed by atoms with Crippen LogP contribution >= 0.6 is 0 Å². The summed E-state index contributed by atoms with van der Waals surface area (Å²) in [6.07, 6.45) is 4.98. The van der Waals surface area contributed by atoms with Crippen LogP contribution in [0, 0.1) is 0 Å². The standard InChI is InChI=1S/C10H14N2OS/c1-10(2,3)14(13)12-8-9-4-6-11-7-5-9/h4-8H,1-3H3/t14-/m0/s1. The fraction of sp³-hybridized carbons (Fsp3) is 0.400. The first-order valence-electron chi connectivity index (χ1n) is 4.36. The van der Waals surface area contributed by atoms with E-state index in [4.69, 9.17) is 0 Å². The summed E-state index contributed by atoms with van der Waals surface area (Å²) >= 11 is 0. The van der Waals surface area contributed by atoms with Gasteiger partial charge in [-0.2, -0.15) is 4.40 Å². The summed E-state index contributed by atoms with van der Waals surface area (Å²) in [6, 6.07) is 3.65. The zero-order valence-corrected chi connectivity index (χ0v) is 9.41. The Balaban J connectivity index is 2.71. The largest absolute Gasteiger partial charge is 0.265 e. The van der Waals surface area contributed by atoms with Crippen LogP contribution in [-0.4, -0.2) is 20.2 Å². The van der Waals surface area contributed by atoms with E-state index in [0.717, 1.165) is 5.56 Å². The van der Waals surface area contributed by atoms with E-state index in [-0.39, 0.29) is 4.75 Å². The molecule has 0 radical (unpaired) electrons. The summed E-state index contributed by atoms with van der Waals surface area (Å²) in [4.78, 5) is 3.88. The van der Waals surface area contributed by atoms with Gasteiger partial charge in [0.25, 0.3) is 0 Å². The highest BCUT2D eigenvalue weighted by Gasteiger charge is 2.17. The lowest BCUT2D eigenvalue weighted by atomic mass is 10.3. The lowest BCUT2D eigenvalue weighted by Crippen LogP contribution is -2.19. The van der Waals surface area contributed by atoms with Crippen molar-refractivity contribution in [2.24, 2.45) is 4.40 Å². The molecule has 0 aliphatic heterocycles. The molecular formula is C10H14N2OS. The fourth-order valence-corrected chi connectivity index (χ4v) is 1.25. The van der Waals surface area contributed by atoms with Gasteiger partial charge in [-0.05, 0) is 38.5 Å². The third kappa shape index (κ3) is 3.38. The molecule has 4 heteroatoms. The normalized spacial score (nSPS) is 14.5. The van der Waals surface area contributed by atoms with Gasteiger partial charge in [0.15, 0.2) is 0 Å². The minimum absolute atomic E-state index is 0.302. The third-order valence-corrected chi connectivity index (χ3v) is 2.87. The van der Waals surface area contributed by atoms with Crippen LogP contribution in [-0.2, 0) is 11.0 Å². The maximum absolute atomic E-state index is 11.5. The van der Waals surface area contributed by atoms with E-state index in [1.165, 1.54) is 0 Å². The topological polar surface area (TPSA) is 42.3 Å². The highest BCUT2D eigenvalue weighted by atomic mass is 32.2. The van der Waals surface area contributed by atoms with Crippen molar-refractivity contribution in [3.63, 3.8) is 0 Å². The summed E-state index contributed by atoms with van der Waals surface area (Å²) in [5.41, 5.74) is 0.914. The highest BCUT2D eigenvalue weighted by Crippen LogP contribution is 2.11. The summed E-state index contributed by atoms with van der Waals surface area (Å²) in [7, 11) is -1.19. The maximum atomic E-state index is 11.5. The molecule has 1 aromatic heterocycles. The van der Waals surface area contributed by atoms with Crippen LogP contribution in [0.3, 0.4) is 0 Å². The highest BCUT2D eigenvalue weighted by molar-refractivity contribution is 7.85. The Hall–Kier alpha value is -1.03. The van der Waals surface area contributed by atoms with E-state index in [9.17, 15) is 4.21 Å². The van der Waals surface area contributed by atoms with Crippen LogP contribution in [0.15, 0.2) is 28.9 Å². The molecule has 3 nitrogen and oxygen atoms in total. The van der Waals surface area contributed by atoms with Crippen molar-refractivity contribution in [2.45, 2.75) is 25.5 Å². The van der Waals surface area contributed by atoms with Gasteiger partial charge in [-0.15, -0.1) is 0 Å². The SMILES string of the molecule is CC(C)(C)[S@](=O)N=Cc1ccncc1. The summed E-state index contributed by atoms with van der Waals surface area (Å²) in [5.74, 6) is 0. The number of hydrogen-bond acceptors (Lipinski definition) is 2. The molecule has 1 aromatic rings. The minimum atomic E-state index is -1.19. The second-order valence-corrected chi connectivity index (χ2v) is 5.81. The molecule has 0 amide bonds. The van der Waals surface area contributed by atoms with Crippen molar-refractivity contribution >= 4 is 17.2 Å². The van der Waals surface area contributed by atoms with Crippen molar-refractivity contribution in [1.82, 2.24) is 4.98 Å². The lowest BCUT2D eigenvalue weighted by molar-refractivity contribution is 0.651. The predicted molar refractivity (Wildman–Crippen MR) is 59.7 cm³/mol. The zero-order chi connectivity index (χ0) is 10.6. The molecule has 0 bridgehead atoms. The Labute approximate surface area is 86.9 Å². The number of pyridine rings is 1. The van der Waals surface area contributed by atoms with Gasteiger partial charge in [0.1, 0.15) is 11.0 Å². The molecule has 1 rings (SSSR count). The minimum Gasteiger partial charge on any atom is -0.265 e. The summed E-state index contributed by atoms with van der Waals surface area (Å²) in [6.45, 7) is 5.69. The van der Waals surface area contributed by atoms with Crippen LogP contribution in [0.1, 0.15) is 26.3 Å². The molecule has 0 aromatic carbocycles. The van der Waals surface area contributed by atoms with Crippen LogP contribution in [0.2, 0.25) is 0 Å². The lowest BCUT2D eigenvalue weighted by Gasteiger charge is -2.12. The molecule has 0 N–H and O–H groups in total. The summed E-state index contributed by atoms with van der Waals surface area (Å²) < 4.78 is 15.2. The van der Waals surface area contributed by atoms with Crippen LogP contribution in [0.25, 0.3) is 0 Å². The van der Waals surface area contributed by atoms with Crippen LogP contribution in [0.5, 0.6) is 0 Å². The Bertz CT molecular complexity index is 341. The molecule has 0 fully saturated rings. The third-order valence-electron chi connectivity index (χ3n) is 1.53. The first kappa shape index (κ1) is 11.0. The maximum Gasteiger partial charge on any atom is 0.144 e. The van der Waals surface area contributed by atoms with Gasteiger partial charge in [-0.25, -0.2) is 4.21 Å². The first-order valence-corrected chi connectivity index (χ1v) is 5.47. The van der Waals surface area contributed by atoms with Gasteiger partial charge in [-0.1, -0.05) is 0 Å². The van der Waals surface area contributed by atoms with Gasteiger partial charge in [0, 0.05) is 18.6 Å². The number of nitrogens with zero attached hydrogens (tertiary/aromatic N) is 2. The van der Waals surface area contributed by atoms with Crippen LogP contribution < -0.4 is 0 Å². The molecule has 1 atom stereocenters. The zero-order valence-electron chi connectivity index (χ0n) is 8.60. The smallest absolute Gasteiger partial charge is 0.144 e. The van der Waals surface area contributed by atoms with E-state index in [1.54, 1.807) is 18.6 Å². The Morgan fingerprint density at radius 2 is 1.93 bits per heavy atom. The molecule has 0 unspecified atom stereocenters. The molecule has 1 heterocycles. The van der Waals surface area contributed by atoms with E-state index in [1.807, 2.05) is 32.9 Å². The van der Waals surface area contributed by atoms with E-state index in [0.29, 0.717) is 0 Å². The second-order valence-electron chi connectivity index (χ2n) is 3.88. The number of hydrogen-bond donors (Lipinski definition) is 0. The van der Waals surface area contributed by atoms with Gasteiger partial charge in [0.2, 0.25) is 0 Å². The van der Waals surface area contributed by atoms with Crippen molar-refractivity contribution in [3.05, 3.63) is 30.1 Å². The predicted octanol–water partition coefficient (Wildman–Crippen LogP) is 1.96. The number of aromatic nitrogens is 1. The van der Waals surface area contributed by atoms with Crippen molar-refractivity contribution in [2.75, 3.05) is 0 Å². The van der Waals surface area contributed by atoms with E-state index < -0.39 is 11.0 Å². The van der Waals surface area contributed by atoms with Gasteiger partial charge >= 0.3 is 0 Å². The molecule has 0 saturated carbocycles. The van der Waals surface area contributed by atoms with E-state index in [2.05, 4.69) is 9.38 Å². The first-order chi connectivity index (χ1) is 6.50. The van der Waals surface area contributed by atoms with Gasteiger partial charge < -0.3 is 0 Å². The molecular weight excluding hydrogens is 196 g/mol. The van der Waals surface area contributed by atoms with Crippen LogP contribution in [0.4, 0.5) is 0 Å². The number of rotatable bonds is 2. The molecule has 0 saturated heterocycles. The van der Waals surface area contributed by atoms with Gasteiger partial charge in [-0.3, -0.25) is 4.98 Å². The van der Waals surface area contributed by atoms with Crippen molar-refractivity contribution in [1.29, 1.82) is 0 Å². The molecule has 0 spiro atoms. The molecule has 0 aliphatic carbocycles.